The van der Waals surface area contributed by atoms with Gasteiger partial charge in [0.2, 0.25) is 0 Å². The Kier molecular flexibility index (Phi) is 6.26. The number of ether oxygens (including phenoxy) is 1. The third-order valence-electron chi connectivity index (χ3n) is 5.11. The van der Waals surface area contributed by atoms with E-state index in [2.05, 4.69) is 31.2 Å². The number of hydrogen-bond acceptors (Lipinski definition) is 4. The van der Waals surface area contributed by atoms with E-state index in [-0.39, 0.29) is 12.2 Å². The number of carboxylic acid groups (broad SMARTS) is 1. The van der Waals surface area contributed by atoms with Crippen LogP contribution in [-0.4, -0.2) is 40.1 Å². The lowest BCUT2D eigenvalue weighted by Crippen LogP contribution is -2.34. The van der Waals surface area contributed by atoms with Gasteiger partial charge in [0, 0.05) is 12.8 Å². The van der Waals surface area contributed by atoms with Crippen molar-refractivity contribution < 1.29 is 24.9 Å². The Hall–Kier alpha value is -2.21. The van der Waals surface area contributed by atoms with E-state index in [1.165, 1.54) is 5.56 Å². The van der Waals surface area contributed by atoms with Crippen molar-refractivity contribution in [2.45, 2.75) is 50.9 Å². The van der Waals surface area contributed by atoms with E-state index in [1.54, 1.807) is 6.07 Å². The lowest BCUT2D eigenvalue weighted by molar-refractivity contribution is -0.114. The van der Waals surface area contributed by atoms with Gasteiger partial charge in [-0.25, -0.2) is 4.79 Å². The number of aliphatic hydroxyl groups excluding tert-OH is 2. The summed E-state index contributed by atoms with van der Waals surface area (Å²) in [7, 11) is 0. The molecule has 2 aromatic carbocycles. The Labute approximate surface area is 159 Å². The van der Waals surface area contributed by atoms with Crippen LogP contribution in [0.25, 0.3) is 0 Å². The van der Waals surface area contributed by atoms with Crippen LogP contribution in [0.5, 0.6) is 0 Å². The average molecular weight is 370 g/mol. The summed E-state index contributed by atoms with van der Waals surface area (Å²) in [6.07, 6.45) is 0.725. The third kappa shape index (κ3) is 4.75. The molecule has 0 amide bonds. The highest BCUT2D eigenvalue weighted by molar-refractivity contribution is 5.89. The summed E-state index contributed by atoms with van der Waals surface area (Å²) in [5.74, 6) is -1.02. The molecule has 27 heavy (non-hydrogen) atoms. The fraction of sp³-hybridized carbons (Fsp3) is 0.409. The van der Waals surface area contributed by atoms with Gasteiger partial charge in [0.25, 0.3) is 0 Å². The summed E-state index contributed by atoms with van der Waals surface area (Å²) in [4.78, 5) is 11.7. The van der Waals surface area contributed by atoms with Gasteiger partial charge < -0.3 is 20.1 Å². The molecule has 0 saturated carbocycles. The molecule has 3 rings (SSSR count). The van der Waals surface area contributed by atoms with E-state index >= 15 is 0 Å². The molecule has 2 aromatic rings. The molecule has 5 heteroatoms. The number of benzene rings is 2. The fourth-order valence-corrected chi connectivity index (χ4v) is 3.62. The smallest absolute Gasteiger partial charge is 0.336 e. The highest BCUT2D eigenvalue weighted by atomic mass is 16.5. The third-order valence-corrected chi connectivity index (χ3v) is 5.11. The molecule has 1 fully saturated rings. The maximum Gasteiger partial charge on any atom is 0.336 e. The standard InChI is InChI=1S/C22H26O5/c1-2-14-3-5-15(6-4-14)9-16-7-8-19(22(25)26)20(10-16)21-12-17(24)11-18(13-23)27-21/h3-8,10,17-18,21,23-24H,2,9,11-13H2,1H3,(H,25,26)/t17-,18-,21+/m0/s1. The van der Waals surface area contributed by atoms with Crippen LogP contribution in [0.2, 0.25) is 0 Å². The topological polar surface area (TPSA) is 87.0 Å². The summed E-state index contributed by atoms with van der Waals surface area (Å²) in [6.45, 7) is 1.92. The molecule has 144 valence electrons. The second-order valence-corrected chi connectivity index (χ2v) is 7.13. The Bertz CT molecular complexity index is 784. The molecule has 1 saturated heterocycles. The molecule has 1 aliphatic rings. The Morgan fingerprint density at radius 2 is 1.74 bits per heavy atom. The molecule has 1 aliphatic heterocycles. The van der Waals surface area contributed by atoms with Crippen LogP contribution in [0.4, 0.5) is 0 Å². The van der Waals surface area contributed by atoms with Gasteiger partial charge >= 0.3 is 5.97 Å². The highest BCUT2D eigenvalue weighted by Gasteiger charge is 2.31. The second kappa shape index (κ2) is 8.65. The maximum absolute atomic E-state index is 11.7. The molecule has 0 aromatic heterocycles. The zero-order valence-electron chi connectivity index (χ0n) is 15.5. The molecule has 0 aliphatic carbocycles. The van der Waals surface area contributed by atoms with Crippen LogP contribution >= 0.6 is 0 Å². The van der Waals surface area contributed by atoms with Crippen molar-refractivity contribution in [2.75, 3.05) is 6.61 Å². The molecule has 3 N–H and O–H groups in total. The highest BCUT2D eigenvalue weighted by Crippen LogP contribution is 2.34. The Balaban J connectivity index is 1.89. The van der Waals surface area contributed by atoms with Crippen LogP contribution in [0, 0.1) is 0 Å². The lowest BCUT2D eigenvalue weighted by Gasteiger charge is -2.33. The zero-order chi connectivity index (χ0) is 19.4. The van der Waals surface area contributed by atoms with E-state index in [1.807, 2.05) is 12.1 Å². The SMILES string of the molecule is CCc1ccc(Cc2ccc(C(=O)O)c([C@H]3C[C@@H](O)C[C@@H](CO)O3)c2)cc1. The van der Waals surface area contributed by atoms with E-state index in [4.69, 9.17) is 4.74 Å². The van der Waals surface area contributed by atoms with Gasteiger partial charge in [-0.05, 0) is 41.2 Å². The molecular formula is C22H26O5. The van der Waals surface area contributed by atoms with Crippen molar-refractivity contribution in [3.63, 3.8) is 0 Å². The first-order valence-corrected chi connectivity index (χ1v) is 9.38. The summed E-state index contributed by atoms with van der Waals surface area (Å²) >= 11 is 0. The minimum Gasteiger partial charge on any atom is -0.478 e. The van der Waals surface area contributed by atoms with Crippen LogP contribution in [0.15, 0.2) is 42.5 Å². The number of hydrogen-bond donors (Lipinski definition) is 3. The number of carbonyl (C=O) groups is 1. The summed E-state index contributed by atoms with van der Waals surface area (Å²) in [5.41, 5.74) is 4.15. The van der Waals surface area contributed by atoms with E-state index in [9.17, 15) is 20.1 Å². The van der Waals surface area contributed by atoms with Gasteiger partial charge in [-0.1, -0.05) is 43.3 Å². The molecule has 3 atom stereocenters. The quantitative estimate of drug-likeness (QED) is 0.727. The van der Waals surface area contributed by atoms with Crippen LogP contribution in [0.3, 0.4) is 0 Å². The first-order chi connectivity index (χ1) is 13.0. The minimum atomic E-state index is -1.02. The average Bonchev–Trinajstić information content (AvgIpc) is 2.67. The number of carboxylic acids is 1. The molecule has 5 nitrogen and oxygen atoms in total. The van der Waals surface area contributed by atoms with Crippen molar-refractivity contribution in [1.82, 2.24) is 0 Å². The van der Waals surface area contributed by atoms with Gasteiger partial charge in [-0.3, -0.25) is 0 Å². The number of aliphatic hydroxyl groups is 2. The van der Waals surface area contributed by atoms with Gasteiger partial charge in [-0.15, -0.1) is 0 Å². The monoisotopic (exact) mass is 370 g/mol. The van der Waals surface area contributed by atoms with Crippen molar-refractivity contribution >= 4 is 5.97 Å². The molecule has 0 unspecified atom stereocenters. The van der Waals surface area contributed by atoms with Gasteiger partial charge in [0.15, 0.2) is 0 Å². The van der Waals surface area contributed by atoms with Crippen molar-refractivity contribution in [2.24, 2.45) is 0 Å². The Morgan fingerprint density at radius 3 is 2.37 bits per heavy atom. The van der Waals surface area contributed by atoms with Crippen molar-refractivity contribution in [1.29, 1.82) is 0 Å². The lowest BCUT2D eigenvalue weighted by atomic mass is 9.90. The van der Waals surface area contributed by atoms with Gasteiger partial charge in [-0.2, -0.15) is 0 Å². The number of aromatic carboxylic acids is 1. The summed E-state index contributed by atoms with van der Waals surface area (Å²) in [5, 5.41) is 29.0. The second-order valence-electron chi connectivity index (χ2n) is 7.13. The first kappa shape index (κ1) is 19.5. The summed E-state index contributed by atoms with van der Waals surface area (Å²) < 4.78 is 5.85. The van der Waals surface area contributed by atoms with Crippen molar-refractivity contribution in [3.05, 3.63) is 70.3 Å². The molecule has 0 radical (unpaired) electrons. The zero-order valence-corrected chi connectivity index (χ0v) is 15.5. The molecule has 1 heterocycles. The predicted molar refractivity (Wildman–Crippen MR) is 102 cm³/mol. The molecule has 0 spiro atoms. The number of aryl methyl sites for hydroxylation is 1. The van der Waals surface area contributed by atoms with Crippen LogP contribution < -0.4 is 0 Å². The van der Waals surface area contributed by atoms with Gasteiger partial charge in [0.05, 0.1) is 30.5 Å². The van der Waals surface area contributed by atoms with Crippen molar-refractivity contribution in [3.8, 4) is 0 Å². The largest absolute Gasteiger partial charge is 0.478 e. The van der Waals surface area contributed by atoms with Crippen LogP contribution in [0.1, 0.15) is 58.5 Å². The normalized spacial score (nSPS) is 22.6. The number of rotatable bonds is 6. The predicted octanol–water partition coefficient (Wildman–Crippen LogP) is 3.11. The van der Waals surface area contributed by atoms with E-state index in [0.717, 1.165) is 17.5 Å². The fourth-order valence-electron chi connectivity index (χ4n) is 3.62. The summed E-state index contributed by atoms with van der Waals surface area (Å²) in [6, 6.07) is 13.7. The minimum absolute atomic E-state index is 0.177. The molecular weight excluding hydrogens is 344 g/mol. The van der Waals surface area contributed by atoms with Crippen LogP contribution in [-0.2, 0) is 17.6 Å². The van der Waals surface area contributed by atoms with Gasteiger partial charge in [0.1, 0.15) is 0 Å². The Morgan fingerprint density at radius 1 is 1.07 bits per heavy atom. The van der Waals surface area contributed by atoms with E-state index < -0.39 is 24.3 Å². The first-order valence-electron chi connectivity index (χ1n) is 9.38. The molecule has 0 bridgehead atoms. The maximum atomic E-state index is 11.7. The van der Waals surface area contributed by atoms with E-state index in [0.29, 0.717) is 24.8 Å².